The van der Waals surface area contributed by atoms with Gasteiger partial charge in [-0.15, -0.1) is 0 Å². The Hall–Kier alpha value is -3.90. The molecule has 2 N–H and O–H groups in total. The molecule has 1 aromatic heterocycles. The SMILES string of the molecule is COCCNC(=O)c1cc2cc(NC(=O)CCc3ccccc3)ccc2n1Cc1ccc(C(C)(C)C)cc1. The van der Waals surface area contributed by atoms with Crippen LogP contribution in [0.1, 0.15) is 54.4 Å². The smallest absolute Gasteiger partial charge is 0.268 e. The fourth-order valence-electron chi connectivity index (χ4n) is 4.48. The van der Waals surface area contributed by atoms with Crippen LogP contribution in [0.4, 0.5) is 5.69 Å². The van der Waals surface area contributed by atoms with E-state index in [0.29, 0.717) is 43.9 Å². The highest BCUT2D eigenvalue weighted by atomic mass is 16.5. The lowest BCUT2D eigenvalue weighted by molar-refractivity contribution is -0.116. The third-order valence-corrected chi connectivity index (χ3v) is 6.65. The normalized spacial score (nSPS) is 11.5. The lowest BCUT2D eigenvalue weighted by Gasteiger charge is -2.19. The van der Waals surface area contributed by atoms with Crippen molar-refractivity contribution in [2.75, 3.05) is 25.6 Å². The second-order valence-electron chi connectivity index (χ2n) is 10.6. The van der Waals surface area contributed by atoms with Gasteiger partial charge in [-0.1, -0.05) is 75.4 Å². The second kappa shape index (κ2) is 12.1. The first kappa shape index (κ1) is 27.1. The van der Waals surface area contributed by atoms with Crippen molar-refractivity contribution in [3.05, 3.63) is 101 Å². The molecule has 0 bridgehead atoms. The Kier molecular flexibility index (Phi) is 8.64. The predicted octanol–water partition coefficient (Wildman–Crippen LogP) is 5.93. The molecule has 38 heavy (non-hydrogen) atoms. The molecular weight excluding hydrogens is 474 g/mol. The largest absolute Gasteiger partial charge is 0.383 e. The molecule has 0 saturated carbocycles. The molecule has 3 aromatic carbocycles. The number of nitrogens with one attached hydrogen (secondary N) is 2. The van der Waals surface area contributed by atoms with Gasteiger partial charge < -0.3 is 19.9 Å². The van der Waals surface area contributed by atoms with Gasteiger partial charge in [-0.2, -0.15) is 0 Å². The number of aryl methyl sites for hydroxylation is 1. The number of benzene rings is 3. The van der Waals surface area contributed by atoms with E-state index in [2.05, 4.69) is 55.7 Å². The summed E-state index contributed by atoms with van der Waals surface area (Å²) in [5.74, 6) is -0.192. The number of nitrogens with zero attached hydrogens (tertiary/aromatic N) is 1. The van der Waals surface area contributed by atoms with E-state index in [1.54, 1.807) is 7.11 Å². The highest BCUT2D eigenvalue weighted by Crippen LogP contribution is 2.27. The molecule has 0 atom stereocenters. The number of ether oxygens (including phenoxy) is 1. The van der Waals surface area contributed by atoms with Crippen molar-refractivity contribution in [2.45, 2.75) is 45.6 Å². The number of hydrogen-bond acceptors (Lipinski definition) is 3. The van der Waals surface area contributed by atoms with E-state index in [1.807, 2.05) is 59.2 Å². The van der Waals surface area contributed by atoms with Crippen molar-refractivity contribution in [2.24, 2.45) is 0 Å². The molecule has 1 heterocycles. The van der Waals surface area contributed by atoms with Gasteiger partial charge in [-0.25, -0.2) is 0 Å². The van der Waals surface area contributed by atoms with Gasteiger partial charge in [0.05, 0.1) is 6.61 Å². The molecule has 0 fully saturated rings. The molecule has 2 amide bonds. The third kappa shape index (κ3) is 6.90. The van der Waals surface area contributed by atoms with E-state index < -0.39 is 0 Å². The summed E-state index contributed by atoms with van der Waals surface area (Å²) in [7, 11) is 1.61. The molecule has 198 valence electrons. The first-order valence-corrected chi connectivity index (χ1v) is 13.1. The van der Waals surface area contributed by atoms with Crippen LogP contribution in [-0.2, 0) is 27.9 Å². The van der Waals surface area contributed by atoms with Gasteiger partial charge in [0.25, 0.3) is 5.91 Å². The maximum absolute atomic E-state index is 13.1. The molecule has 0 radical (unpaired) electrons. The Morgan fingerprint density at radius 1 is 0.895 bits per heavy atom. The predicted molar refractivity (Wildman–Crippen MR) is 154 cm³/mol. The molecule has 0 aliphatic rings. The first-order chi connectivity index (χ1) is 18.2. The van der Waals surface area contributed by atoms with E-state index in [4.69, 9.17) is 4.74 Å². The van der Waals surface area contributed by atoms with Gasteiger partial charge in [0.15, 0.2) is 0 Å². The molecule has 4 aromatic rings. The van der Waals surface area contributed by atoms with Gasteiger partial charge in [0, 0.05) is 43.2 Å². The van der Waals surface area contributed by atoms with Gasteiger partial charge in [-0.05, 0) is 52.8 Å². The van der Waals surface area contributed by atoms with Crippen LogP contribution >= 0.6 is 0 Å². The summed E-state index contributed by atoms with van der Waals surface area (Å²) < 4.78 is 7.12. The van der Waals surface area contributed by atoms with Crippen LogP contribution in [0, 0.1) is 0 Å². The molecular formula is C32H37N3O3. The van der Waals surface area contributed by atoms with Crippen molar-refractivity contribution < 1.29 is 14.3 Å². The Balaban J connectivity index is 1.57. The first-order valence-electron chi connectivity index (χ1n) is 13.1. The molecule has 0 aliphatic carbocycles. The number of rotatable bonds is 10. The highest BCUT2D eigenvalue weighted by Gasteiger charge is 2.18. The van der Waals surface area contributed by atoms with Gasteiger partial charge in [0.2, 0.25) is 5.91 Å². The van der Waals surface area contributed by atoms with E-state index in [9.17, 15) is 9.59 Å². The van der Waals surface area contributed by atoms with Gasteiger partial charge in [0.1, 0.15) is 5.69 Å². The van der Waals surface area contributed by atoms with Crippen LogP contribution in [0.25, 0.3) is 10.9 Å². The maximum atomic E-state index is 13.1. The molecule has 6 nitrogen and oxygen atoms in total. The maximum Gasteiger partial charge on any atom is 0.268 e. The zero-order valence-corrected chi connectivity index (χ0v) is 22.7. The Bertz CT molecular complexity index is 1380. The van der Waals surface area contributed by atoms with Gasteiger partial charge in [-0.3, -0.25) is 9.59 Å². The molecule has 6 heteroatoms. The zero-order valence-electron chi connectivity index (χ0n) is 22.7. The summed E-state index contributed by atoms with van der Waals surface area (Å²) in [6.45, 7) is 8.02. The van der Waals surface area contributed by atoms with E-state index in [0.717, 1.165) is 22.0 Å². The Morgan fingerprint density at radius 2 is 1.63 bits per heavy atom. The number of anilines is 1. The number of methoxy groups -OCH3 is 1. The minimum Gasteiger partial charge on any atom is -0.383 e. The molecule has 0 unspecified atom stereocenters. The molecule has 0 spiro atoms. The average molecular weight is 512 g/mol. The van der Waals surface area contributed by atoms with E-state index in [-0.39, 0.29) is 17.2 Å². The lowest BCUT2D eigenvalue weighted by atomic mass is 9.87. The van der Waals surface area contributed by atoms with Crippen LogP contribution in [0.15, 0.2) is 78.9 Å². The lowest BCUT2D eigenvalue weighted by Crippen LogP contribution is -2.29. The number of hydrogen-bond donors (Lipinski definition) is 2. The van der Waals surface area contributed by atoms with Crippen LogP contribution in [0.3, 0.4) is 0 Å². The number of carbonyl (C=O) groups is 2. The second-order valence-corrected chi connectivity index (χ2v) is 10.6. The van der Waals surface area contributed by atoms with Crippen molar-refractivity contribution in [1.82, 2.24) is 9.88 Å². The quantitative estimate of drug-likeness (QED) is 0.259. The van der Waals surface area contributed by atoms with Crippen molar-refractivity contribution in [3.63, 3.8) is 0 Å². The highest BCUT2D eigenvalue weighted by molar-refractivity contribution is 6.00. The van der Waals surface area contributed by atoms with Crippen molar-refractivity contribution >= 4 is 28.4 Å². The third-order valence-electron chi connectivity index (χ3n) is 6.65. The fourth-order valence-corrected chi connectivity index (χ4v) is 4.48. The summed E-state index contributed by atoms with van der Waals surface area (Å²) in [4.78, 5) is 25.7. The molecule has 0 saturated heterocycles. The number of aromatic nitrogens is 1. The number of fused-ring (bicyclic) bond motifs is 1. The van der Waals surface area contributed by atoms with E-state index in [1.165, 1.54) is 5.56 Å². The Labute approximate surface area is 225 Å². The monoisotopic (exact) mass is 511 g/mol. The summed E-state index contributed by atoms with van der Waals surface area (Å²) in [6.07, 6.45) is 1.09. The minimum absolute atomic E-state index is 0.0379. The van der Waals surface area contributed by atoms with Crippen LogP contribution in [-0.4, -0.2) is 36.6 Å². The standard InChI is InChI=1S/C32H37N3O3/c1-32(2,3)26-13-10-24(11-14-26)22-35-28-16-15-27(34-30(36)17-12-23-8-6-5-7-9-23)20-25(28)21-29(35)31(37)33-18-19-38-4/h5-11,13-16,20-21H,12,17-19,22H2,1-4H3,(H,33,37)(H,34,36). The summed E-state index contributed by atoms with van der Waals surface area (Å²) in [5, 5.41) is 6.85. The number of amides is 2. The van der Waals surface area contributed by atoms with Crippen molar-refractivity contribution in [3.8, 4) is 0 Å². The van der Waals surface area contributed by atoms with Crippen LogP contribution < -0.4 is 10.6 Å². The summed E-state index contributed by atoms with van der Waals surface area (Å²) in [5.41, 5.74) is 5.81. The fraction of sp³-hybridized carbons (Fsp3) is 0.312. The van der Waals surface area contributed by atoms with Gasteiger partial charge >= 0.3 is 0 Å². The molecule has 4 rings (SSSR count). The topological polar surface area (TPSA) is 72.4 Å². The van der Waals surface area contributed by atoms with Crippen LogP contribution in [0.5, 0.6) is 0 Å². The summed E-state index contributed by atoms with van der Waals surface area (Å²) >= 11 is 0. The average Bonchev–Trinajstić information content (AvgIpc) is 3.25. The number of carbonyl (C=O) groups excluding carboxylic acids is 2. The van der Waals surface area contributed by atoms with E-state index >= 15 is 0 Å². The van der Waals surface area contributed by atoms with Crippen molar-refractivity contribution in [1.29, 1.82) is 0 Å². The Morgan fingerprint density at radius 3 is 2.32 bits per heavy atom. The zero-order chi connectivity index (χ0) is 27.1. The summed E-state index contributed by atoms with van der Waals surface area (Å²) in [6, 6.07) is 26.2. The molecule has 0 aliphatic heterocycles. The minimum atomic E-state index is -0.155. The van der Waals surface area contributed by atoms with Crippen LogP contribution in [0.2, 0.25) is 0 Å².